The van der Waals surface area contributed by atoms with Crippen LogP contribution in [0.25, 0.3) is 0 Å². The molecule has 0 bridgehead atoms. The van der Waals surface area contributed by atoms with Crippen LogP contribution in [0.3, 0.4) is 0 Å². The molecule has 1 aliphatic rings. The van der Waals surface area contributed by atoms with Gasteiger partial charge < -0.3 is 19.8 Å². The van der Waals surface area contributed by atoms with E-state index in [1.54, 1.807) is 19.9 Å². The van der Waals surface area contributed by atoms with Crippen LogP contribution in [0.4, 0.5) is 0 Å². The number of ether oxygens (including phenoxy) is 1. The monoisotopic (exact) mass is 400 g/mol. The predicted molar refractivity (Wildman–Crippen MR) is 95.6 cm³/mol. The number of esters is 1. The summed E-state index contributed by atoms with van der Waals surface area (Å²) >= 11 is 0. The van der Waals surface area contributed by atoms with E-state index in [4.69, 9.17) is 9.15 Å². The van der Waals surface area contributed by atoms with Gasteiger partial charge in [0.15, 0.2) is 21.7 Å². The molecule has 3 atom stereocenters. The molecule has 0 radical (unpaired) electrons. The van der Waals surface area contributed by atoms with E-state index in [9.17, 15) is 22.8 Å². The van der Waals surface area contributed by atoms with E-state index >= 15 is 0 Å². The standard InChI is InChI=1S/C17H24N2O7S/c1-10(2)14(19-16(21)13-5-4-7-25-13)17(22)26-11(3)15(20)18-12-6-8-27(23,24)9-12/h4-5,7,10-12,14H,6,8-9H2,1-3H3,(H,18,20)(H,19,21)/t11-,12+,14+/m1/s1. The summed E-state index contributed by atoms with van der Waals surface area (Å²) in [6.45, 7) is 4.84. The average Bonchev–Trinajstić information content (AvgIpc) is 3.21. The Hall–Kier alpha value is -2.36. The van der Waals surface area contributed by atoms with Crippen LogP contribution in [0.5, 0.6) is 0 Å². The Morgan fingerprint density at radius 3 is 2.48 bits per heavy atom. The highest BCUT2D eigenvalue weighted by molar-refractivity contribution is 7.91. The van der Waals surface area contributed by atoms with Crippen molar-refractivity contribution in [2.45, 2.75) is 45.4 Å². The zero-order chi connectivity index (χ0) is 20.2. The van der Waals surface area contributed by atoms with Crippen molar-refractivity contribution in [2.24, 2.45) is 5.92 Å². The number of carbonyl (C=O) groups excluding carboxylic acids is 3. The highest BCUT2D eigenvalue weighted by atomic mass is 32.2. The molecule has 2 amide bonds. The number of nitrogens with one attached hydrogen (secondary N) is 2. The number of hydrogen-bond acceptors (Lipinski definition) is 7. The van der Waals surface area contributed by atoms with Gasteiger partial charge in [0.1, 0.15) is 6.04 Å². The van der Waals surface area contributed by atoms with Crippen LogP contribution in [-0.2, 0) is 24.2 Å². The Bertz CT molecular complexity index is 786. The van der Waals surface area contributed by atoms with Crippen molar-refractivity contribution >= 4 is 27.6 Å². The third-order valence-electron chi connectivity index (χ3n) is 4.19. The lowest BCUT2D eigenvalue weighted by atomic mass is 10.0. The molecule has 10 heteroatoms. The summed E-state index contributed by atoms with van der Waals surface area (Å²) in [4.78, 5) is 36.6. The van der Waals surface area contributed by atoms with Gasteiger partial charge in [0.25, 0.3) is 11.8 Å². The summed E-state index contributed by atoms with van der Waals surface area (Å²) in [5, 5.41) is 5.10. The predicted octanol–water partition coefficient (Wildman–Crippen LogP) is 0.269. The summed E-state index contributed by atoms with van der Waals surface area (Å²) in [7, 11) is -3.13. The average molecular weight is 400 g/mol. The number of hydrogen-bond donors (Lipinski definition) is 2. The maximum Gasteiger partial charge on any atom is 0.329 e. The zero-order valence-corrected chi connectivity index (χ0v) is 16.2. The van der Waals surface area contributed by atoms with Crippen molar-refractivity contribution in [1.82, 2.24) is 10.6 Å². The Morgan fingerprint density at radius 1 is 1.26 bits per heavy atom. The first-order valence-electron chi connectivity index (χ1n) is 8.64. The fraction of sp³-hybridized carbons (Fsp3) is 0.588. The number of rotatable bonds is 7. The molecule has 2 N–H and O–H groups in total. The van der Waals surface area contributed by atoms with Crippen LogP contribution in [0.1, 0.15) is 37.7 Å². The quantitative estimate of drug-likeness (QED) is 0.628. The van der Waals surface area contributed by atoms with Gasteiger partial charge in [-0.25, -0.2) is 13.2 Å². The number of sulfone groups is 1. The largest absolute Gasteiger partial charge is 0.459 e. The van der Waals surface area contributed by atoms with Crippen molar-refractivity contribution in [2.75, 3.05) is 11.5 Å². The molecular weight excluding hydrogens is 376 g/mol. The van der Waals surface area contributed by atoms with Gasteiger partial charge >= 0.3 is 5.97 Å². The second-order valence-corrected chi connectivity index (χ2v) is 9.09. The third kappa shape index (κ3) is 5.81. The SMILES string of the molecule is CC(C)[C@H](NC(=O)c1ccco1)C(=O)O[C@H](C)C(=O)N[C@H]1CCS(=O)(=O)C1. The van der Waals surface area contributed by atoms with E-state index in [0.29, 0.717) is 6.42 Å². The molecule has 150 valence electrons. The first-order chi connectivity index (χ1) is 12.6. The molecule has 0 aliphatic carbocycles. The molecule has 1 aromatic rings. The van der Waals surface area contributed by atoms with E-state index < -0.39 is 45.8 Å². The molecule has 0 saturated carbocycles. The molecule has 27 heavy (non-hydrogen) atoms. The number of furan rings is 1. The van der Waals surface area contributed by atoms with Crippen LogP contribution in [0.15, 0.2) is 22.8 Å². The lowest BCUT2D eigenvalue weighted by molar-refractivity contribution is -0.157. The van der Waals surface area contributed by atoms with Crippen LogP contribution in [0, 0.1) is 5.92 Å². The maximum absolute atomic E-state index is 12.4. The van der Waals surface area contributed by atoms with Crippen LogP contribution >= 0.6 is 0 Å². The lowest BCUT2D eigenvalue weighted by Crippen LogP contribution is -2.48. The fourth-order valence-electron chi connectivity index (χ4n) is 2.65. The van der Waals surface area contributed by atoms with Gasteiger partial charge in [-0.05, 0) is 31.4 Å². The molecule has 0 aromatic carbocycles. The van der Waals surface area contributed by atoms with Gasteiger partial charge in [0.05, 0.1) is 17.8 Å². The first kappa shape index (κ1) is 20.9. The van der Waals surface area contributed by atoms with Crippen LogP contribution < -0.4 is 10.6 Å². The van der Waals surface area contributed by atoms with E-state index in [1.165, 1.54) is 19.3 Å². The molecule has 1 aromatic heterocycles. The minimum atomic E-state index is -3.13. The number of amides is 2. The summed E-state index contributed by atoms with van der Waals surface area (Å²) < 4.78 is 33.1. The van der Waals surface area contributed by atoms with Gasteiger partial charge in [-0.15, -0.1) is 0 Å². The minimum Gasteiger partial charge on any atom is -0.459 e. The molecular formula is C17H24N2O7S. The van der Waals surface area contributed by atoms with Crippen molar-refractivity contribution in [3.8, 4) is 0 Å². The van der Waals surface area contributed by atoms with Crippen molar-refractivity contribution < 1.29 is 32.0 Å². The Balaban J connectivity index is 1.91. The van der Waals surface area contributed by atoms with Gasteiger partial charge in [0.2, 0.25) is 0 Å². The maximum atomic E-state index is 12.4. The summed E-state index contributed by atoms with van der Waals surface area (Å²) in [5.41, 5.74) is 0. The van der Waals surface area contributed by atoms with Gasteiger partial charge in [0, 0.05) is 6.04 Å². The molecule has 1 fully saturated rings. The molecule has 9 nitrogen and oxygen atoms in total. The number of carbonyl (C=O) groups is 3. The summed E-state index contributed by atoms with van der Waals surface area (Å²) in [6.07, 6.45) is 0.554. The summed E-state index contributed by atoms with van der Waals surface area (Å²) in [5.74, 6) is -2.22. The van der Waals surface area contributed by atoms with Gasteiger partial charge in [-0.3, -0.25) is 9.59 Å². The topological polar surface area (TPSA) is 132 Å². The van der Waals surface area contributed by atoms with E-state index in [2.05, 4.69) is 10.6 Å². The normalized spacial score (nSPS) is 20.7. The molecule has 1 saturated heterocycles. The second kappa shape index (κ2) is 8.55. The Morgan fingerprint density at radius 2 is 1.96 bits per heavy atom. The van der Waals surface area contributed by atoms with Gasteiger partial charge in [-0.1, -0.05) is 13.8 Å². The van der Waals surface area contributed by atoms with Crippen molar-refractivity contribution in [3.63, 3.8) is 0 Å². The summed E-state index contributed by atoms with van der Waals surface area (Å²) in [6, 6.07) is 1.56. The van der Waals surface area contributed by atoms with Crippen LogP contribution in [0.2, 0.25) is 0 Å². The van der Waals surface area contributed by atoms with E-state index in [-0.39, 0.29) is 23.2 Å². The molecule has 0 spiro atoms. The van der Waals surface area contributed by atoms with Crippen molar-refractivity contribution in [3.05, 3.63) is 24.2 Å². The zero-order valence-electron chi connectivity index (χ0n) is 15.4. The first-order valence-corrected chi connectivity index (χ1v) is 10.5. The van der Waals surface area contributed by atoms with E-state index in [1.807, 2.05) is 0 Å². The highest BCUT2D eigenvalue weighted by Crippen LogP contribution is 2.12. The fourth-order valence-corrected chi connectivity index (χ4v) is 4.32. The molecule has 2 heterocycles. The highest BCUT2D eigenvalue weighted by Gasteiger charge is 2.33. The van der Waals surface area contributed by atoms with Gasteiger partial charge in [-0.2, -0.15) is 0 Å². The Labute approximate surface area is 157 Å². The Kier molecular flexibility index (Phi) is 6.63. The lowest BCUT2D eigenvalue weighted by Gasteiger charge is -2.23. The van der Waals surface area contributed by atoms with Crippen molar-refractivity contribution in [1.29, 1.82) is 0 Å². The molecule has 1 aliphatic heterocycles. The third-order valence-corrected chi connectivity index (χ3v) is 5.96. The minimum absolute atomic E-state index is 0.0281. The van der Waals surface area contributed by atoms with Crippen LogP contribution in [-0.4, -0.2) is 55.9 Å². The molecule has 0 unspecified atom stereocenters. The molecule has 2 rings (SSSR count). The van der Waals surface area contributed by atoms with E-state index in [0.717, 1.165) is 0 Å². The second-order valence-electron chi connectivity index (χ2n) is 6.86. The smallest absolute Gasteiger partial charge is 0.329 e.